The average molecular weight is 551 g/mol. The zero-order valence-electron chi connectivity index (χ0n) is 21.3. The molecule has 0 saturated heterocycles. The lowest BCUT2D eigenvalue weighted by molar-refractivity contribution is -0.124. The number of amides is 3. The number of rotatable bonds is 8. The SMILES string of the molecule is CC(C)C(=O)NCc1ccc(Cl)c(C(=O)Nc2ccc3c(c2)cc(C(=O)NCc2ccccc2Cl)n3C)c1. The van der Waals surface area contributed by atoms with Gasteiger partial charge in [-0.3, -0.25) is 14.4 Å². The van der Waals surface area contributed by atoms with Crippen LogP contribution in [0.25, 0.3) is 10.9 Å². The van der Waals surface area contributed by atoms with Gasteiger partial charge in [-0.1, -0.05) is 61.3 Å². The highest BCUT2D eigenvalue weighted by atomic mass is 35.5. The van der Waals surface area contributed by atoms with Crippen molar-refractivity contribution in [3.05, 3.63) is 99.2 Å². The van der Waals surface area contributed by atoms with Crippen molar-refractivity contribution >= 4 is 57.5 Å². The molecule has 4 aromatic rings. The Balaban J connectivity index is 1.48. The number of fused-ring (bicyclic) bond motifs is 1. The van der Waals surface area contributed by atoms with Gasteiger partial charge >= 0.3 is 0 Å². The number of hydrogen-bond donors (Lipinski definition) is 3. The van der Waals surface area contributed by atoms with E-state index in [-0.39, 0.29) is 23.6 Å². The summed E-state index contributed by atoms with van der Waals surface area (Å²) in [6, 6.07) is 19.6. The molecule has 1 heterocycles. The third-order valence-electron chi connectivity index (χ3n) is 6.20. The highest BCUT2D eigenvalue weighted by Gasteiger charge is 2.16. The maximum atomic E-state index is 13.0. The van der Waals surface area contributed by atoms with E-state index in [0.29, 0.717) is 40.1 Å². The summed E-state index contributed by atoms with van der Waals surface area (Å²) in [5.74, 6) is -0.812. The summed E-state index contributed by atoms with van der Waals surface area (Å²) in [7, 11) is 1.81. The van der Waals surface area contributed by atoms with Gasteiger partial charge in [-0.15, -0.1) is 0 Å². The molecule has 0 saturated carbocycles. The molecule has 0 aliphatic heterocycles. The fraction of sp³-hybridized carbons (Fsp3) is 0.207. The first-order chi connectivity index (χ1) is 18.1. The van der Waals surface area contributed by atoms with E-state index in [4.69, 9.17) is 23.2 Å². The number of aromatic nitrogens is 1. The normalized spacial score (nSPS) is 11.0. The first kappa shape index (κ1) is 27.2. The quantitative estimate of drug-likeness (QED) is 0.253. The van der Waals surface area contributed by atoms with E-state index in [9.17, 15) is 14.4 Å². The van der Waals surface area contributed by atoms with Gasteiger partial charge in [0.1, 0.15) is 5.69 Å². The van der Waals surface area contributed by atoms with Crippen LogP contribution in [-0.2, 0) is 24.9 Å². The number of carbonyl (C=O) groups is 3. The van der Waals surface area contributed by atoms with Crippen molar-refractivity contribution in [1.82, 2.24) is 15.2 Å². The molecule has 3 N–H and O–H groups in total. The lowest BCUT2D eigenvalue weighted by Crippen LogP contribution is -2.27. The smallest absolute Gasteiger partial charge is 0.268 e. The second kappa shape index (κ2) is 11.7. The minimum Gasteiger partial charge on any atom is -0.352 e. The lowest BCUT2D eigenvalue weighted by Gasteiger charge is -2.11. The van der Waals surface area contributed by atoms with Gasteiger partial charge in [0, 0.05) is 47.7 Å². The van der Waals surface area contributed by atoms with Gasteiger partial charge in [-0.2, -0.15) is 0 Å². The van der Waals surface area contributed by atoms with Gasteiger partial charge in [0.2, 0.25) is 5.91 Å². The molecule has 38 heavy (non-hydrogen) atoms. The summed E-state index contributed by atoms with van der Waals surface area (Å²) >= 11 is 12.5. The maximum Gasteiger partial charge on any atom is 0.268 e. The van der Waals surface area contributed by atoms with E-state index in [1.165, 1.54) is 0 Å². The Hall–Kier alpha value is -3.81. The third-order valence-corrected chi connectivity index (χ3v) is 6.90. The number of nitrogens with one attached hydrogen (secondary N) is 3. The molecule has 3 amide bonds. The highest BCUT2D eigenvalue weighted by Crippen LogP contribution is 2.25. The Morgan fingerprint density at radius 3 is 2.34 bits per heavy atom. The lowest BCUT2D eigenvalue weighted by atomic mass is 10.1. The first-order valence-electron chi connectivity index (χ1n) is 12.1. The van der Waals surface area contributed by atoms with Gasteiger partial charge in [-0.25, -0.2) is 0 Å². The predicted molar refractivity (Wildman–Crippen MR) is 152 cm³/mol. The topological polar surface area (TPSA) is 92.2 Å². The van der Waals surface area contributed by atoms with Gasteiger partial charge in [-0.05, 0) is 53.6 Å². The standard InChI is InChI=1S/C29H28Cl2N4O3/c1-17(2)27(36)32-15-18-8-10-24(31)22(12-18)28(37)34-21-9-11-25-20(13-21)14-26(35(25)3)29(38)33-16-19-6-4-5-7-23(19)30/h4-14,17H,15-16H2,1-3H3,(H,32,36)(H,33,38)(H,34,37). The van der Waals surface area contributed by atoms with Crippen LogP contribution >= 0.6 is 23.2 Å². The monoisotopic (exact) mass is 550 g/mol. The van der Waals surface area contributed by atoms with E-state index >= 15 is 0 Å². The minimum absolute atomic E-state index is 0.0703. The molecule has 1 aromatic heterocycles. The fourth-order valence-corrected chi connectivity index (χ4v) is 4.41. The number of carbonyl (C=O) groups excluding carboxylic acids is 3. The zero-order chi connectivity index (χ0) is 27.4. The van der Waals surface area contributed by atoms with Crippen LogP contribution in [0.15, 0.2) is 66.7 Å². The Morgan fingerprint density at radius 1 is 0.842 bits per heavy atom. The van der Waals surface area contributed by atoms with Crippen molar-refractivity contribution in [2.75, 3.05) is 5.32 Å². The molecule has 0 aliphatic rings. The molecule has 0 spiro atoms. The third kappa shape index (κ3) is 6.18. The number of aryl methyl sites for hydroxylation is 1. The summed E-state index contributed by atoms with van der Waals surface area (Å²) in [5.41, 5.74) is 3.78. The molecule has 0 fully saturated rings. The van der Waals surface area contributed by atoms with E-state index in [2.05, 4.69) is 16.0 Å². The van der Waals surface area contributed by atoms with E-state index in [0.717, 1.165) is 22.0 Å². The predicted octanol–water partition coefficient (Wildman–Crippen LogP) is 5.94. The number of nitrogens with zero attached hydrogens (tertiary/aromatic N) is 1. The molecule has 9 heteroatoms. The molecule has 196 valence electrons. The zero-order valence-corrected chi connectivity index (χ0v) is 22.8. The summed E-state index contributed by atoms with van der Waals surface area (Å²) in [4.78, 5) is 37.8. The van der Waals surface area contributed by atoms with Crippen molar-refractivity contribution < 1.29 is 14.4 Å². The molecule has 0 atom stereocenters. The minimum atomic E-state index is -0.375. The van der Waals surface area contributed by atoms with Gasteiger partial charge in [0.05, 0.1) is 10.6 Å². The van der Waals surface area contributed by atoms with E-state index in [1.54, 1.807) is 47.0 Å². The summed E-state index contributed by atoms with van der Waals surface area (Å²) in [6.07, 6.45) is 0. The number of anilines is 1. The van der Waals surface area contributed by atoms with Crippen LogP contribution in [-0.4, -0.2) is 22.3 Å². The largest absolute Gasteiger partial charge is 0.352 e. The number of halogens is 2. The fourth-order valence-electron chi connectivity index (χ4n) is 4.00. The summed E-state index contributed by atoms with van der Waals surface area (Å²) in [5, 5.41) is 10.3. The average Bonchev–Trinajstić information content (AvgIpc) is 3.22. The van der Waals surface area contributed by atoms with E-state index < -0.39 is 0 Å². The van der Waals surface area contributed by atoms with Crippen LogP contribution in [0.2, 0.25) is 10.0 Å². The molecule has 3 aromatic carbocycles. The van der Waals surface area contributed by atoms with Crippen LogP contribution in [0.1, 0.15) is 45.8 Å². The van der Waals surface area contributed by atoms with Crippen LogP contribution in [0.4, 0.5) is 5.69 Å². The molecular formula is C29H28Cl2N4O3. The molecule has 7 nitrogen and oxygen atoms in total. The van der Waals surface area contributed by atoms with Crippen LogP contribution < -0.4 is 16.0 Å². The molecule has 0 radical (unpaired) electrons. The number of hydrogen-bond acceptors (Lipinski definition) is 3. The highest BCUT2D eigenvalue weighted by molar-refractivity contribution is 6.34. The van der Waals surface area contributed by atoms with Crippen LogP contribution in [0, 0.1) is 5.92 Å². The van der Waals surface area contributed by atoms with Crippen molar-refractivity contribution in [3.8, 4) is 0 Å². The Bertz CT molecular complexity index is 1530. The van der Waals surface area contributed by atoms with Crippen molar-refractivity contribution in [2.45, 2.75) is 26.9 Å². The molecule has 0 aliphatic carbocycles. The molecule has 0 unspecified atom stereocenters. The Morgan fingerprint density at radius 2 is 1.61 bits per heavy atom. The van der Waals surface area contributed by atoms with Crippen LogP contribution in [0.3, 0.4) is 0 Å². The second-order valence-electron chi connectivity index (χ2n) is 9.28. The second-order valence-corrected chi connectivity index (χ2v) is 10.1. The number of benzene rings is 3. The molecule has 4 rings (SSSR count). The summed E-state index contributed by atoms with van der Waals surface area (Å²) < 4.78 is 1.80. The van der Waals surface area contributed by atoms with Crippen molar-refractivity contribution in [1.29, 1.82) is 0 Å². The first-order valence-corrected chi connectivity index (χ1v) is 12.9. The Labute approximate surface area is 231 Å². The van der Waals surface area contributed by atoms with E-state index in [1.807, 2.05) is 45.2 Å². The van der Waals surface area contributed by atoms with Gasteiger partial charge in [0.25, 0.3) is 11.8 Å². The Kier molecular flexibility index (Phi) is 8.39. The summed E-state index contributed by atoms with van der Waals surface area (Å²) in [6.45, 7) is 4.24. The van der Waals surface area contributed by atoms with Gasteiger partial charge in [0.15, 0.2) is 0 Å². The maximum absolute atomic E-state index is 13.0. The van der Waals surface area contributed by atoms with Crippen molar-refractivity contribution in [2.24, 2.45) is 13.0 Å². The molecule has 0 bridgehead atoms. The van der Waals surface area contributed by atoms with Crippen molar-refractivity contribution in [3.63, 3.8) is 0 Å². The van der Waals surface area contributed by atoms with Gasteiger partial charge < -0.3 is 20.5 Å². The molecular weight excluding hydrogens is 523 g/mol. The van der Waals surface area contributed by atoms with Crippen LogP contribution in [0.5, 0.6) is 0 Å².